The molecule has 0 aliphatic rings. The summed E-state index contributed by atoms with van der Waals surface area (Å²) in [6, 6.07) is 9.21. The quantitative estimate of drug-likeness (QED) is 0.761. The molecule has 0 fully saturated rings. The summed E-state index contributed by atoms with van der Waals surface area (Å²) in [6.07, 6.45) is 0. The Labute approximate surface area is 103 Å². The lowest BCUT2D eigenvalue weighted by Gasteiger charge is -2.10. The average Bonchev–Trinajstić information content (AvgIpc) is 2.34. The summed E-state index contributed by atoms with van der Waals surface area (Å²) in [5.41, 5.74) is 1.63. The van der Waals surface area contributed by atoms with E-state index in [0.29, 0.717) is 11.2 Å². The van der Waals surface area contributed by atoms with Gasteiger partial charge in [-0.25, -0.2) is 4.98 Å². The Morgan fingerprint density at radius 1 is 1.53 bits per heavy atom. The monoisotopic (exact) mass is 247 g/mol. The van der Waals surface area contributed by atoms with Crippen molar-refractivity contribution in [3.05, 3.63) is 40.3 Å². The number of para-hydroxylation sites is 2. The Kier molecular flexibility index (Phi) is 3.12. The van der Waals surface area contributed by atoms with Crippen LogP contribution in [0.1, 0.15) is 5.69 Å². The van der Waals surface area contributed by atoms with Crippen LogP contribution in [-0.4, -0.2) is 14.9 Å². The van der Waals surface area contributed by atoms with E-state index in [2.05, 4.69) is 4.98 Å². The Morgan fingerprint density at radius 3 is 2.94 bits per heavy atom. The number of halogens is 1. The minimum Gasteiger partial charge on any atom is -0.303 e. The van der Waals surface area contributed by atoms with E-state index in [1.165, 1.54) is 4.57 Å². The minimum atomic E-state index is -0.724. The predicted molar refractivity (Wildman–Crippen MR) is 66.0 cm³/mol. The second-order valence-electron chi connectivity index (χ2n) is 3.70. The molecule has 0 N–H and O–H groups in total. The number of aromatic nitrogens is 2. The van der Waals surface area contributed by atoms with E-state index in [0.717, 1.165) is 5.52 Å². The molecule has 17 heavy (non-hydrogen) atoms. The van der Waals surface area contributed by atoms with E-state index in [1.807, 2.05) is 24.3 Å². The second-order valence-corrected chi connectivity index (χ2v) is 4.23. The standard InChI is InChI=1S/C12H10ClN3O/c1-8-12(17)16(7-9(13)6-14)11-5-3-2-4-10(11)15-8/h2-5,9H,7H2,1H3. The molecule has 1 aromatic carbocycles. The van der Waals surface area contributed by atoms with Crippen molar-refractivity contribution in [1.82, 2.24) is 9.55 Å². The van der Waals surface area contributed by atoms with Gasteiger partial charge in [0.05, 0.1) is 23.6 Å². The van der Waals surface area contributed by atoms with Gasteiger partial charge in [-0.15, -0.1) is 11.6 Å². The molecule has 1 atom stereocenters. The van der Waals surface area contributed by atoms with Crippen LogP contribution in [0.4, 0.5) is 0 Å². The van der Waals surface area contributed by atoms with Crippen LogP contribution in [0.15, 0.2) is 29.1 Å². The number of alkyl halides is 1. The minimum absolute atomic E-state index is 0.167. The zero-order chi connectivity index (χ0) is 12.4. The molecule has 0 aliphatic carbocycles. The highest BCUT2D eigenvalue weighted by atomic mass is 35.5. The van der Waals surface area contributed by atoms with Crippen LogP contribution in [0, 0.1) is 18.3 Å². The van der Waals surface area contributed by atoms with Crippen molar-refractivity contribution in [2.24, 2.45) is 0 Å². The molecule has 1 unspecified atom stereocenters. The number of aryl methyl sites for hydroxylation is 1. The Hall–Kier alpha value is -1.86. The van der Waals surface area contributed by atoms with Crippen molar-refractivity contribution in [1.29, 1.82) is 5.26 Å². The van der Waals surface area contributed by atoms with Gasteiger partial charge in [0.15, 0.2) is 0 Å². The van der Waals surface area contributed by atoms with E-state index < -0.39 is 5.38 Å². The third-order valence-corrected chi connectivity index (χ3v) is 2.73. The zero-order valence-electron chi connectivity index (χ0n) is 9.22. The van der Waals surface area contributed by atoms with Gasteiger partial charge >= 0.3 is 0 Å². The van der Waals surface area contributed by atoms with Gasteiger partial charge in [-0.2, -0.15) is 5.26 Å². The van der Waals surface area contributed by atoms with Gasteiger partial charge in [-0.1, -0.05) is 12.1 Å². The highest BCUT2D eigenvalue weighted by Gasteiger charge is 2.11. The summed E-state index contributed by atoms with van der Waals surface area (Å²) in [4.78, 5) is 16.2. The van der Waals surface area contributed by atoms with Crippen molar-refractivity contribution in [2.45, 2.75) is 18.8 Å². The summed E-state index contributed by atoms with van der Waals surface area (Å²) in [5.74, 6) is 0. The molecule has 1 heterocycles. The summed E-state index contributed by atoms with van der Waals surface area (Å²) in [7, 11) is 0. The highest BCUT2D eigenvalue weighted by Crippen LogP contribution is 2.11. The lowest BCUT2D eigenvalue weighted by molar-refractivity contribution is 0.707. The smallest absolute Gasteiger partial charge is 0.272 e. The van der Waals surface area contributed by atoms with Crippen molar-refractivity contribution >= 4 is 22.6 Å². The van der Waals surface area contributed by atoms with Crippen molar-refractivity contribution < 1.29 is 0 Å². The first kappa shape index (κ1) is 11.6. The number of benzene rings is 1. The SMILES string of the molecule is Cc1nc2ccccc2n(CC(Cl)C#N)c1=O. The molecule has 0 spiro atoms. The number of fused-ring (bicyclic) bond motifs is 1. The van der Waals surface area contributed by atoms with E-state index >= 15 is 0 Å². The molecule has 2 aromatic rings. The molecule has 1 aromatic heterocycles. The van der Waals surface area contributed by atoms with Gasteiger partial charge < -0.3 is 4.57 Å². The maximum absolute atomic E-state index is 12.0. The average molecular weight is 248 g/mol. The van der Waals surface area contributed by atoms with Crippen molar-refractivity contribution in [2.75, 3.05) is 0 Å². The maximum Gasteiger partial charge on any atom is 0.272 e. The first-order chi connectivity index (χ1) is 8.13. The van der Waals surface area contributed by atoms with E-state index in [4.69, 9.17) is 16.9 Å². The van der Waals surface area contributed by atoms with Gasteiger partial charge in [0.25, 0.3) is 5.56 Å². The Morgan fingerprint density at radius 2 is 2.24 bits per heavy atom. The van der Waals surface area contributed by atoms with E-state index in [-0.39, 0.29) is 12.1 Å². The normalized spacial score (nSPS) is 12.3. The number of nitrogens with zero attached hydrogens (tertiary/aromatic N) is 3. The van der Waals surface area contributed by atoms with Gasteiger partial charge in [0.1, 0.15) is 11.1 Å². The third-order valence-electron chi connectivity index (χ3n) is 2.50. The fourth-order valence-electron chi connectivity index (χ4n) is 1.70. The molecule has 4 nitrogen and oxygen atoms in total. The van der Waals surface area contributed by atoms with Gasteiger partial charge in [-0.3, -0.25) is 4.79 Å². The predicted octanol–water partition coefficient (Wildman–Crippen LogP) is 1.84. The summed E-state index contributed by atoms with van der Waals surface area (Å²) >= 11 is 5.78. The van der Waals surface area contributed by atoms with E-state index in [1.54, 1.807) is 13.0 Å². The van der Waals surface area contributed by atoms with Crippen LogP contribution < -0.4 is 5.56 Å². The van der Waals surface area contributed by atoms with Gasteiger partial charge in [0, 0.05) is 0 Å². The third kappa shape index (κ3) is 2.15. The second kappa shape index (κ2) is 4.56. The lowest BCUT2D eigenvalue weighted by atomic mass is 10.2. The van der Waals surface area contributed by atoms with Gasteiger partial charge in [0.2, 0.25) is 0 Å². The molecule has 0 saturated heterocycles. The molecular weight excluding hydrogens is 238 g/mol. The molecule has 2 rings (SSSR count). The first-order valence-corrected chi connectivity index (χ1v) is 5.57. The highest BCUT2D eigenvalue weighted by molar-refractivity contribution is 6.22. The zero-order valence-corrected chi connectivity index (χ0v) is 9.98. The van der Waals surface area contributed by atoms with Crippen LogP contribution in [0.5, 0.6) is 0 Å². The van der Waals surface area contributed by atoms with Crippen LogP contribution >= 0.6 is 11.6 Å². The van der Waals surface area contributed by atoms with Crippen LogP contribution in [-0.2, 0) is 6.54 Å². The number of nitriles is 1. The summed E-state index contributed by atoms with van der Waals surface area (Å²) in [5, 5.41) is 7.99. The van der Waals surface area contributed by atoms with Gasteiger partial charge in [-0.05, 0) is 19.1 Å². The molecule has 0 saturated carbocycles. The largest absolute Gasteiger partial charge is 0.303 e. The molecule has 0 aliphatic heterocycles. The van der Waals surface area contributed by atoms with Crippen molar-refractivity contribution in [3.8, 4) is 6.07 Å². The number of hydrogen-bond acceptors (Lipinski definition) is 3. The van der Waals surface area contributed by atoms with Crippen LogP contribution in [0.3, 0.4) is 0 Å². The maximum atomic E-state index is 12.0. The fourth-order valence-corrected chi connectivity index (χ4v) is 1.84. The molecule has 0 amide bonds. The number of hydrogen-bond donors (Lipinski definition) is 0. The Balaban J connectivity index is 2.71. The molecule has 86 valence electrons. The molecule has 0 radical (unpaired) electrons. The Bertz CT molecular complexity index is 657. The van der Waals surface area contributed by atoms with E-state index in [9.17, 15) is 4.79 Å². The van der Waals surface area contributed by atoms with Crippen LogP contribution in [0.25, 0.3) is 11.0 Å². The topological polar surface area (TPSA) is 58.7 Å². The molecule has 0 bridgehead atoms. The summed E-state index contributed by atoms with van der Waals surface area (Å²) < 4.78 is 1.50. The summed E-state index contributed by atoms with van der Waals surface area (Å²) in [6.45, 7) is 1.82. The fraction of sp³-hybridized carbons (Fsp3) is 0.250. The first-order valence-electron chi connectivity index (χ1n) is 5.13. The molecule has 5 heteroatoms. The lowest BCUT2D eigenvalue weighted by Crippen LogP contribution is -2.27. The van der Waals surface area contributed by atoms with Crippen LogP contribution in [0.2, 0.25) is 0 Å². The number of rotatable bonds is 2. The van der Waals surface area contributed by atoms with Crippen molar-refractivity contribution in [3.63, 3.8) is 0 Å². The molecular formula is C12H10ClN3O.